The van der Waals surface area contributed by atoms with Crippen LogP contribution in [0.15, 0.2) is 36.4 Å². The molecule has 5 rings (SSSR count). The second kappa shape index (κ2) is 7.18. The molecule has 1 saturated carbocycles. The minimum atomic E-state index is -1.25. The number of aliphatic hydroxyl groups is 1. The van der Waals surface area contributed by atoms with Crippen molar-refractivity contribution >= 4 is 34.8 Å². The lowest BCUT2D eigenvalue weighted by Crippen LogP contribution is -2.53. The summed E-state index contributed by atoms with van der Waals surface area (Å²) in [6, 6.07) is 8.82. The monoisotopic (exact) mass is 449 g/mol. The van der Waals surface area contributed by atoms with Crippen molar-refractivity contribution in [2.45, 2.75) is 36.4 Å². The molecule has 2 aliphatic heterocycles. The maximum absolute atomic E-state index is 15.2. The average molecular weight is 450 g/mol. The molecule has 0 radical (unpaired) electrons. The molecule has 1 aliphatic carbocycles. The quantitative estimate of drug-likeness (QED) is 0.667. The predicted octanol–water partition coefficient (Wildman–Crippen LogP) is 3.48. The van der Waals surface area contributed by atoms with Crippen LogP contribution in [-0.2, 0) is 10.3 Å². The van der Waals surface area contributed by atoms with Crippen molar-refractivity contribution in [2.24, 2.45) is 11.7 Å². The van der Waals surface area contributed by atoms with Crippen LogP contribution in [0.25, 0.3) is 0 Å². The highest BCUT2D eigenvalue weighted by Crippen LogP contribution is 2.58. The Morgan fingerprint density at radius 2 is 2.03 bits per heavy atom. The van der Waals surface area contributed by atoms with E-state index in [1.807, 2.05) is 4.90 Å². The van der Waals surface area contributed by atoms with E-state index in [2.05, 4.69) is 5.32 Å². The van der Waals surface area contributed by atoms with Crippen LogP contribution < -0.4 is 11.1 Å². The maximum Gasteiger partial charge on any atom is 0.250 e. The molecule has 3 aliphatic rings. The molecular formula is C22H22Cl2FN3O2. The van der Waals surface area contributed by atoms with Crippen LogP contribution in [0.1, 0.15) is 29.9 Å². The molecular weight excluding hydrogens is 428 g/mol. The van der Waals surface area contributed by atoms with E-state index in [-0.39, 0.29) is 23.1 Å². The summed E-state index contributed by atoms with van der Waals surface area (Å²) in [5, 5.41) is 13.7. The Labute approximate surface area is 183 Å². The van der Waals surface area contributed by atoms with Crippen molar-refractivity contribution in [3.05, 3.63) is 63.4 Å². The molecule has 8 heteroatoms. The first-order valence-electron chi connectivity index (χ1n) is 10.1. The Bertz CT molecular complexity index is 1030. The Balaban J connectivity index is 1.78. The fourth-order valence-corrected chi connectivity index (χ4v) is 5.66. The summed E-state index contributed by atoms with van der Waals surface area (Å²) >= 11 is 12.3. The number of likely N-dealkylation sites (tertiary alicyclic amines) is 1. The number of aliphatic hydroxyl groups excluding tert-OH is 1. The van der Waals surface area contributed by atoms with E-state index in [1.165, 1.54) is 6.07 Å². The summed E-state index contributed by atoms with van der Waals surface area (Å²) in [6.45, 7) is 0.373. The van der Waals surface area contributed by atoms with Gasteiger partial charge in [-0.2, -0.15) is 0 Å². The van der Waals surface area contributed by atoms with Gasteiger partial charge in [-0.3, -0.25) is 9.69 Å². The standard InChI is InChI=1S/C22H22Cl2FN3O2/c23-12-6-7-14-16(8-12)27-21(30)22(14)18(13-2-1-3-15(24)19(13)25)20(26)17(10-29)28(22)9-11-4-5-11/h1-3,6-8,11,17-18,20,29H,4-5,9-10,26H2,(H,27,30)/t17-,18-,20+,22+/m1/s1. The topological polar surface area (TPSA) is 78.6 Å². The Kier molecular flexibility index (Phi) is 4.84. The van der Waals surface area contributed by atoms with Crippen LogP contribution in [0.4, 0.5) is 10.1 Å². The summed E-state index contributed by atoms with van der Waals surface area (Å²) in [5.74, 6) is -1.17. The molecule has 4 atom stereocenters. The van der Waals surface area contributed by atoms with E-state index in [1.54, 1.807) is 30.3 Å². The molecule has 1 saturated heterocycles. The second-order valence-corrected chi connectivity index (χ2v) is 9.30. The van der Waals surface area contributed by atoms with E-state index in [9.17, 15) is 9.90 Å². The summed E-state index contributed by atoms with van der Waals surface area (Å²) in [4.78, 5) is 15.7. The van der Waals surface area contributed by atoms with Crippen LogP contribution in [0, 0.1) is 11.7 Å². The zero-order chi connectivity index (χ0) is 21.2. The van der Waals surface area contributed by atoms with E-state index in [4.69, 9.17) is 28.9 Å². The smallest absolute Gasteiger partial charge is 0.250 e. The lowest BCUT2D eigenvalue weighted by Gasteiger charge is -2.39. The van der Waals surface area contributed by atoms with Crippen molar-refractivity contribution in [3.8, 4) is 0 Å². The average Bonchev–Trinajstić information content (AvgIpc) is 3.43. The predicted molar refractivity (Wildman–Crippen MR) is 114 cm³/mol. The van der Waals surface area contributed by atoms with Gasteiger partial charge in [-0.15, -0.1) is 0 Å². The number of fused-ring (bicyclic) bond motifs is 2. The van der Waals surface area contributed by atoms with Gasteiger partial charge in [0, 0.05) is 40.8 Å². The molecule has 4 N–H and O–H groups in total. The van der Waals surface area contributed by atoms with Gasteiger partial charge in [0.15, 0.2) is 0 Å². The lowest BCUT2D eigenvalue weighted by atomic mass is 9.73. The molecule has 2 aromatic carbocycles. The molecule has 0 aromatic heterocycles. The van der Waals surface area contributed by atoms with Crippen molar-refractivity contribution in [3.63, 3.8) is 0 Å². The van der Waals surface area contributed by atoms with Crippen molar-refractivity contribution in [1.29, 1.82) is 0 Å². The van der Waals surface area contributed by atoms with Crippen LogP contribution in [0.5, 0.6) is 0 Å². The molecule has 5 nitrogen and oxygen atoms in total. The Hall–Kier alpha value is -1.70. The highest BCUT2D eigenvalue weighted by molar-refractivity contribution is 6.31. The van der Waals surface area contributed by atoms with E-state index in [0.717, 1.165) is 12.8 Å². The van der Waals surface area contributed by atoms with Gasteiger partial charge in [0.25, 0.3) is 0 Å². The van der Waals surface area contributed by atoms with Gasteiger partial charge in [-0.1, -0.05) is 41.4 Å². The second-order valence-electron chi connectivity index (χ2n) is 8.45. The molecule has 0 unspecified atom stereocenters. The zero-order valence-corrected chi connectivity index (χ0v) is 17.6. The fourth-order valence-electron chi connectivity index (χ4n) is 5.31. The highest BCUT2D eigenvalue weighted by atomic mass is 35.5. The van der Waals surface area contributed by atoms with Crippen LogP contribution in [-0.4, -0.2) is 41.1 Å². The molecule has 2 heterocycles. The van der Waals surface area contributed by atoms with Gasteiger partial charge in [0.2, 0.25) is 5.91 Å². The largest absolute Gasteiger partial charge is 0.395 e. The fraction of sp³-hybridized carbons (Fsp3) is 0.409. The number of nitrogens with zero attached hydrogens (tertiary/aromatic N) is 1. The third kappa shape index (κ3) is 2.75. The van der Waals surface area contributed by atoms with Crippen molar-refractivity contribution < 1.29 is 14.3 Å². The molecule has 30 heavy (non-hydrogen) atoms. The molecule has 2 fully saturated rings. The van der Waals surface area contributed by atoms with Gasteiger partial charge in [0.1, 0.15) is 11.4 Å². The number of anilines is 1. The Morgan fingerprint density at radius 1 is 1.27 bits per heavy atom. The van der Waals surface area contributed by atoms with E-state index >= 15 is 4.39 Å². The number of carbonyl (C=O) groups is 1. The summed E-state index contributed by atoms with van der Waals surface area (Å²) in [5.41, 5.74) is 6.98. The number of benzene rings is 2. The molecule has 2 aromatic rings. The van der Waals surface area contributed by atoms with E-state index < -0.39 is 29.4 Å². The number of rotatable bonds is 4. The highest BCUT2D eigenvalue weighted by Gasteiger charge is 2.66. The number of nitrogens with two attached hydrogens (primary N) is 1. The maximum atomic E-state index is 15.2. The van der Waals surface area contributed by atoms with Crippen molar-refractivity contribution in [1.82, 2.24) is 4.90 Å². The third-order valence-corrected chi connectivity index (χ3v) is 7.30. The summed E-state index contributed by atoms with van der Waals surface area (Å²) in [7, 11) is 0. The first kappa shape index (κ1) is 20.2. The number of hydrogen-bond donors (Lipinski definition) is 3. The SMILES string of the molecule is N[C@H]1[C@@H](CO)N(CC2CC2)[C@]2(C(=O)Nc3cc(Cl)ccc32)[C@@H]1c1cccc(Cl)c1F. The van der Waals surface area contributed by atoms with Crippen LogP contribution in [0.2, 0.25) is 10.0 Å². The summed E-state index contributed by atoms with van der Waals surface area (Å²) in [6.07, 6.45) is 2.12. The molecule has 1 spiro atoms. The molecule has 1 amide bonds. The normalized spacial score (nSPS) is 30.7. The number of nitrogens with one attached hydrogen (secondary N) is 1. The first-order valence-corrected chi connectivity index (χ1v) is 10.8. The number of halogens is 3. The van der Waals surface area contributed by atoms with Gasteiger partial charge in [-0.25, -0.2) is 4.39 Å². The Morgan fingerprint density at radius 3 is 2.73 bits per heavy atom. The van der Waals surface area contributed by atoms with Gasteiger partial charge in [0.05, 0.1) is 11.6 Å². The number of hydrogen-bond acceptors (Lipinski definition) is 4. The van der Waals surface area contributed by atoms with Crippen LogP contribution in [0.3, 0.4) is 0 Å². The minimum absolute atomic E-state index is 0.0224. The zero-order valence-electron chi connectivity index (χ0n) is 16.1. The minimum Gasteiger partial charge on any atom is -0.395 e. The number of carbonyl (C=O) groups excluding carboxylic acids is 1. The van der Waals surface area contributed by atoms with Gasteiger partial charge < -0.3 is 16.2 Å². The van der Waals surface area contributed by atoms with Gasteiger partial charge in [-0.05, 0) is 42.5 Å². The van der Waals surface area contributed by atoms with Crippen LogP contribution >= 0.6 is 23.2 Å². The van der Waals surface area contributed by atoms with Crippen molar-refractivity contribution in [2.75, 3.05) is 18.5 Å². The van der Waals surface area contributed by atoms with Gasteiger partial charge >= 0.3 is 0 Å². The first-order chi connectivity index (χ1) is 14.4. The lowest BCUT2D eigenvalue weighted by molar-refractivity contribution is -0.128. The summed E-state index contributed by atoms with van der Waals surface area (Å²) < 4.78 is 15.2. The van der Waals surface area contributed by atoms with E-state index in [0.29, 0.717) is 28.7 Å². The number of amides is 1. The molecule has 0 bridgehead atoms. The third-order valence-electron chi connectivity index (χ3n) is 6.77. The molecule has 158 valence electrons.